The van der Waals surface area contributed by atoms with Gasteiger partial charge >= 0.3 is 5.97 Å². The summed E-state index contributed by atoms with van der Waals surface area (Å²) in [4.78, 5) is 21.3. The van der Waals surface area contributed by atoms with Crippen LogP contribution in [0.25, 0.3) is 11.0 Å². The molecule has 0 spiro atoms. The number of nitrogens with one attached hydrogen (secondary N) is 2. The molecule has 320 valence electrons. The van der Waals surface area contributed by atoms with E-state index in [-0.39, 0.29) is 45.6 Å². The number of methoxy groups -OCH3 is 1. The molecule has 1 fully saturated rings. The van der Waals surface area contributed by atoms with E-state index in [9.17, 15) is 26.7 Å². The molecular weight excluding hydrogens is 840 g/mol. The summed E-state index contributed by atoms with van der Waals surface area (Å²) in [6.07, 6.45) is 2.77. The predicted octanol–water partition coefficient (Wildman–Crippen LogP) is 7.44. The zero-order valence-electron chi connectivity index (χ0n) is 34.5. The lowest BCUT2D eigenvalue weighted by atomic mass is 9.76. The number of hydrogen-bond acceptors (Lipinski definition) is 12. The Morgan fingerprint density at radius 1 is 1.02 bits per heavy atom. The number of carbonyl (C=O) groups is 1. The van der Waals surface area contributed by atoms with Gasteiger partial charge in [-0.05, 0) is 104 Å². The maximum Gasteiger partial charge on any atom is 0.304 e. The minimum absolute atomic E-state index is 0.0493. The number of ether oxygens (including phenoxy) is 1. The second kappa shape index (κ2) is 17.4. The fraction of sp³-hybridized carbons (Fsp3) is 0.326. The normalized spacial score (nSPS) is 16.1. The van der Waals surface area contributed by atoms with Crippen molar-refractivity contribution in [2.24, 2.45) is 7.05 Å². The molecule has 4 aromatic carbocycles. The van der Waals surface area contributed by atoms with E-state index in [0.29, 0.717) is 34.0 Å². The van der Waals surface area contributed by atoms with Crippen LogP contribution in [0.2, 0.25) is 5.02 Å². The van der Waals surface area contributed by atoms with E-state index in [4.69, 9.17) is 16.3 Å². The van der Waals surface area contributed by atoms with Gasteiger partial charge in [-0.3, -0.25) is 4.79 Å². The zero-order chi connectivity index (χ0) is 43.8. The molecule has 61 heavy (non-hydrogen) atoms. The number of sulfone groups is 1. The number of aromatic nitrogens is 5. The summed E-state index contributed by atoms with van der Waals surface area (Å²) in [7, 11) is -2.64. The molecule has 6 aromatic rings. The number of benzene rings is 4. The van der Waals surface area contributed by atoms with Crippen LogP contribution in [0, 0.1) is 6.92 Å². The second-order valence-electron chi connectivity index (χ2n) is 15.6. The van der Waals surface area contributed by atoms with E-state index in [1.807, 2.05) is 43.3 Å². The number of carboxylic acids is 1. The highest BCUT2D eigenvalue weighted by Gasteiger charge is 2.32. The Morgan fingerprint density at radius 2 is 1.74 bits per heavy atom. The van der Waals surface area contributed by atoms with Crippen molar-refractivity contribution in [3.05, 3.63) is 118 Å². The summed E-state index contributed by atoms with van der Waals surface area (Å²) in [5, 5.41) is 24.3. The van der Waals surface area contributed by atoms with Crippen molar-refractivity contribution in [2.75, 3.05) is 24.8 Å². The Morgan fingerprint density at radius 3 is 2.43 bits per heavy atom. The highest BCUT2D eigenvalue weighted by molar-refractivity contribution is 7.92. The third-order valence-electron chi connectivity index (χ3n) is 11.2. The van der Waals surface area contributed by atoms with E-state index in [1.165, 1.54) is 24.7 Å². The van der Waals surface area contributed by atoms with E-state index in [2.05, 4.69) is 30.9 Å². The van der Waals surface area contributed by atoms with Crippen molar-refractivity contribution in [1.29, 1.82) is 0 Å². The molecule has 3 N–H and O–H groups in total. The van der Waals surface area contributed by atoms with Gasteiger partial charge in [0.1, 0.15) is 21.8 Å². The molecule has 0 bridgehead atoms. The molecular formula is C43H47ClN8O7S2. The number of hydrogen-bond donors (Lipinski definition) is 3. The molecule has 0 amide bonds. The molecule has 1 saturated carbocycles. The fourth-order valence-electron chi connectivity index (χ4n) is 7.54. The molecule has 1 aliphatic carbocycles. The maximum absolute atomic E-state index is 13.9. The number of halogens is 1. The lowest BCUT2D eigenvalue weighted by Gasteiger charge is -2.36. The number of aryl methyl sites for hydroxylation is 2. The first-order valence-electron chi connectivity index (χ1n) is 19.6. The molecule has 0 aliphatic heterocycles. The Labute approximate surface area is 360 Å². The lowest BCUT2D eigenvalue weighted by molar-refractivity contribution is -0.137. The van der Waals surface area contributed by atoms with Crippen LogP contribution < -0.4 is 15.4 Å². The molecule has 7 rings (SSSR count). The van der Waals surface area contributed by atoms with Crippen LogP contribution in [0.3, 0.4) is 0 Å². The third kappa shape index (κ3) is 9.05. The number of rotatable bonds is 16. The van der Waals surface area contributed by atoms with E-state index < -0.39 is 37.0 Å². The Balaban J connectivity index is 1.00. The minimum atomic E-state index is -3.89. The Kier molecular flexibility index (Phi) is 12.4. The zero-order valence-corrected chi connectivity index (χ0v) is 36.9. The largest absolute Gasteiger partial charge is 0.494 e. The molecule has 18 heteroatoms. The summed E-state index contributed by atoms with van der Waals surface area (Å²) < 4.78 is 62.2. The van der Waals surface area contributed by atoms with Crippen LogP contribution in [0.5, 0.6) is 5.75 Å². The van der Waals surface area contributed by atoms with E-state index in [0.717, 1.165) is 35.1 Å². The first kappa shape index (κ1) is 43.5. The van der Waals surface area contributed by atoms with Crippen LogP contribution in [-0.2, 0) is 38.2 Å². The smallest absolute Gasteiger partial charge is 0.304 e. The number of carboxylic acid groups (broad SMARTS) is 1. The van der Waals surface area contributed by atoms with Gasteiger partial charge in [-0.1, -0.05) is 59.3 Å². The van der Waals surface area contributed by atoms with Crippen LogP contribution in [0.4, 0.5) is 17.5 Å². The van der Waals surface area contributed by atoms with Crippen LogP contribution >= 0.6 is 11.6 Å². The van der Waals surface area contributed by atoms with E-state index in [1.54, 1.807) is 68.0 Å². The number of sulfonamides is 1. The number of para-hydroxylation sites is 1. The lowest BCUT2D eigenvalue weighted by Crippen LogP contribution is -2.34. The fourth-order valence-corrected chi connectivity index (χ4v) is 10.0. The van der Waals surface area contributed by atoms with Crippen molar-refractivity contribution in [3.8, 4) is 5.75 Å². The molecule has 1 unspecified atom stereocenters. The first-order valence-corrected chi connectivity index (χ1v) is 23.0. The third-order valence-corrected chi connectivity index (χ3v) is 15.5. The molecule has 0 radical (unpaired) electrons. The molecule has 15 nitrogen and oxygen atoms in total. The summed E-state index contributed by atoms with van der Waals surface area (Å²) >= 11 is 6.42. The SMILES string of the molecule is COc1cc(C(CC(=O)O)c2ccc(C)c(CN(C)S(=O)(=O)c3ccc(C4CC(Nc5ncc(Cl)c(Nc6ccccc6S(=O)(=O)C(C)C)n5)C4)cc3)c2)cc2nnn(C)c12. The summed E-state index contributed by atoms with van der Waals surface area (Å²) in [6.45, 7) is 5.22. The Hall–Kier alpha value is -5.62. The first-order chi connectivity index (χ1) is 29.0. The average Bonchev–Trinajstić information content (AvgIpc) is 3.60. The van der Waals surface area contributed by atoms with Crippen molar-refractivity contribution in [1.82, 2.24) is 29.3 Å². The number of aliphatic carboxylic acids is 1. The monoisotopic (exact) mass is 886 g/mol. The maximum atomic E-state index is 13.9. The standard InChI is InChI=1S/C43H47ClN8O7S2/c1-25(2)60(55,56)39-10-8-7-9-36(39)47-42-35(44)23-45-43(48-42)46-32-18-29(19-32)27-13-15-33(16-14-27)61(57,58)51(4)24-31-17-28(12-11-26(31)3)34(22-40(53)54)30-20-37-41(38(21-30)59-6)52(5)50-49-37/h7-17,20-21,23,25,29,32,34H,18-19,22,24H2,1-6H3,(H,53,54)(H2,45,46,47,48). The van der Waals surface area contributed by atoms with Gasteiger partial charge in [-0.25, -0.2) is 26.5 Å². The second-order valence-corrected chi connectivity index (χ2v) is 20.5. The van der Waals surface area contributed by atoms with E-state index >= 15 is 0 Å². The van der Waals surface area contributed by atoms with Gasteiger partial charge in [0.15, 0.2) is 15.7 Å². The van der Waals surface area contributed by atoms with Crippen molar-refractivity contribution < 1.29 is 31.5 Å². The summed E-state index contributed by atoms with van der Waals surface area (Å²) in [5.74, 6) is -0.235. The number of anilines is 3. The molecule has 1 aliphatic rings. The van der Waals surface area contributed by atoms with Crippen LogP contribution in [0.15, 0.2) is 94.9 Å². The number of nitrogens with zero attached hydrogens (tertiary/aromatic N) is 6. The van der Waals surface area contributed by atoms with Crippen molar-refractivity contribution in [2.45, 2.75) is 79.5 Å². The topological polar surface area (TPSA) is 199 Å². The van der Waals surface area contributed by atoms with Gasteiger partial charge in [0.05, 0.1) is 40.5 Å². The molecule has 1 atom stereocenters. The van der Waals surface area contributed by atoms with Gasteiger partial charge < -0.3 is 20.5 Å². The summed E-state index contributed by atoms with van der Waals surface area (Å²) in [6, 6.07) is 22.8. The Bertz CT molecular complexity index is 2830. The minimum Gasteiger partial charge on any atom is -0.494 e. The van der Waals surface area contributed by atoms with Crippen LogP contribution in [0.1, 0.15) is 72.8 Å². The molecule has 2 heterocycles. The van der Waals surface area contributed by atoms with Gasteiger partial charge in [-0.15, -0.1) is 5.10 Å². The van der Waals surface area contributed by atoms with Gasteiger partial charge in [0.2, 0.25) is 16.0 Å². The predicted molar refractivity (Wildman–Crippen MR) is 234 cm³/mol. The molecule has 0 saturated heterocycles. The average molecular weight is 887 g/mol. The van der Waals surface area contributed by atoms with Gasteiger partial charge in [0.25, 0.3) is 0 Å². The highest BCUT2D eigenvalue weighted by Crippen LogP contribution is 2.40. The number of fused-ring (bicyclic) bond motifs is 1. The quantitative estimate of drug-likeness (QED) is 0.0868. The highest BCUT2D eigenvalue weighted by atomic mass is 35.5. The van der Waals surface area contributed by atoms with Gasteiger partial charge in [-0.2, -0.15) is 9.29 Å². The van der Waals surface area contributed by atoms with Gasteiger partial charge in [0, 0.05) is 32.6 Å². The van der Waals surface area contributed by atoms with Crippen molar-refractivity contribution in [3.63, 3.8) is 0 Å². The van der Waals surface area contributed by atoms with Crippen LogP contribution in [-0.4, -0.2) is 82.6 Å². The summed E-state index contributed by atoms with van der Waals surface area (Å²) in [5.41, 5.74) is 5.65. The molecule has 2 aromatic heterocycles. The van der Waals surface area contributed by atoms with Crippen molar-refractivity contribution >= 4 is 65.9 Å².